The number of rotatable bonds is 6. The maximum atomic E-state index is 12.4. The molecule has 5 heteroatoms. The Kier molecular flexibility index (Phi) is 4.84. The van der Waals surface area contributed by atoms with Crippen LogP contribution in [0.1, 0.15) is 30.0 Å². The van der Waals surface area contributed by atoms with E-state index in [1.54, 1.807) is 6.07 Å². The SMILES string of the molecule is CC(=O)[C@@H](C)OC(=O)c1oc2ccccc2c1COc1ccccc1. The molecule has 0 unspecified atom stereocenters. The largest absolute Gasteiger partial charge is 0.489 e. The summed E-state index contributed by atoms with van der Waals surface area (Å²) in [7, 11) is 0. The smallest absolute Gasteiger partial charge is 0.375 e. The van der Waals surface area contributed by atoms with Crippen LogP contribution in [0.4, 0.5) is 0 Å². The lowest BCUT2D eigenvalue weighted by Gasteiger charge is -2.10. The van der Waals surface area contributed by atoms with Gasteiger partial charge in [0.1, 0.15) is 17.9 Å². The summed E-state index contributed by atoms with van der Waals surface area (Å²) in [6, 6.07) is 16.6. The molecular weight excluding hydrogens is 320 g/mol. The molecule has 3 aromatic rings. The molecule has 0 saturated carbocycles. The third-order valence-electron chi connectivity index (χ3n) is 3.87. The lowest BCUT2D eigenvalue weighted by Crippen LogP contribution is -2.22. The molecule has 0 fully saturated rings. The molecule has 128 valence electrons. The molecule has 0 amide bonds. The molecule has 25 heavy (non-hydrogen) atoms. The minimum absolute atomic E-state index is 0.0604. The van der Waals surface area contributed by atoms with Gasteiger partial charge in [0.2, 0.25) is 5.76 Å². The van der Waals surface area contributed by atoms with Gasteiger partial charge in [-0.1, -0.05) is 36.4 Å². The van der Waals surface area contributed by atoms with E-state index in [4.69, 9.17) is 13.9 Å². The van der Waals surface area contributed by atoms with Gasteiger partial charge < -0.3 is 13.9 Å². The summed E-state index contributed by atoms with van der Waals surface area (Å²) in [6.45, 7) is 3.05. The van der Waals surface area contributed by atoms with Crippen LogP contribution in [0, 0.1) is 0 Å². The minimum Gasteiger partial charge on any atom is -0.489 e. The summed E-state index contributed by atoms with van der Waals surface area (Å²) in [5.74, 6) is -0.161. The Morgan fingerprint density at radius 1 is 1.04 bits per heavy atom. The Bertz CT molecular complexity index is 895. The van der Waals surface area contributed by atoms with E-state index in [2.05, 4.69) is 0 Å². The summed E-state index contributed by atoms with van der Waals surface area (Å²) < 4.78 is 16.6. The van der Waals surface area contributed by atoms with Gasteiger partial charge in [-0.2, -0.15) is 0 Å². The van der Waals surface area contributed by atoms with Crippen LogP contribution in [0.25, 0.3) is 11.0 Å². The lowest BCUT2D eigenvalue weighted by atomic mass is 10.1. The highest BCUT2D eigenvalue weighted by atomic mass is 16.6. The van der Waals surface area contributed by atoms with Crippen LogP contribution in [0.5, 0.6) is 5.75 Å². The second kappa shape index (κ2) is 7.21. The molecule has 2 aromatic carbocycles. The number of fused-ring (bicyclic) bond motifs is 1. The Hall–Kier alpha value is -3.08. The van der Waals surface area contributed by atoms with Crippen LogP contribution in [-0.2, 0) is 16.1 Å². The van der Waals surface area contributed by atoms with Gasteiger partial charge >= 0.3 is 5.97 Å². The van der Waals surface area contributed by atoms with Crippen molar-refractivity contribution in [3.05, 3.63) is 65.9 Å². The van der Waals surface area contributed by atoms with E-state index in [1.165, 1.54) is 13.8 Å². The van der Waals surface area contributed by atoms with Crippen LogP contribution in [-0.4, -0.2) is 17.9 Å². The van der Waals surface area contributed by atoms with Gasteiger partial charge in [-0.25, -0.2) is 4.79 Å². The van der Waals surface area contributed by atoms with Gasteiger partial charge in [0.15, 0.2) is 11.9 Å². The first-order valence-electron chi connectivity index (χ1n) is 7.96. The third kappa shape index (κ3) is 3.71. The topological polar surface area (TPSA) is 65.7 Å². The van der Waals surface area contributed by atoms with Gasteiger partial charge in [-0.15, -0.1) is 0 Å². The highest BCUT2D eigenvalue weighted by molar-refractivity contribution is 5.97. The van der Waals surface area contributed by atoms with E-state index in [-0.39, 0.29) is 18.2 Å². The fourth-order valence-corrected chi connectivity index (χ4v) is 2.38. The van der Waals surface area contributed by atoms with Gasteiger partial charge in [-0.3, -0.25) is 4.79 Å². The number of Topliss-reactive ketones (excluding diaryl/α,β-unsaturated/α-hetero) is 1. The molecule has 0 radical (unpaired) electrons. The fraction of sp³-hybridized carbons (Fsp3) is 0.200. The molecule has 5 nitrogen and oxygen atoms in total. The van der Waals surface area contributed by atoms with Crippen molar-refractivity contribution in [2.75, 3.05) is 0 Å². The number of hydrogen-bond donors (Lipinski definition) is 0. The maximum Gasteiger partial charge on any atom is 0.375 e. The van der Waals surface area contributed by atoms with Gasteiger partial charge in [0.25, 0.3) is 0 Å². The summed E-state index contributed by atoms with van der Waals surface area (Å²) in [5, 5.41) is 0.779. The number of esters is 1. The zero-order valence-electron chi connectivity index (χ0n) is 14.0. The van der Waals surface area contributed by atoms with Crippen molar-refractivity contribution in [1.82, 2.24) is 0 Å². The van der Waals surface area contributed by atoms with Gasteiger partial charge in [0.05, 0.1) is 5.56 Å². The van der Waals surface area contributed by atoms with Crippen LogP contribution in [0.15, 0.2) is 59.0 Å². The van der Waals surface area contributed by atoms with E-state index in [1.807, 2.05) is 48.5 Å². The van der Waals surface area contributed by atoms with Crippen molar-refractivity contribution in [1.29, 1.82) is 0 Å². The summed E-state index contributed by atoms with van der Waals surface area (Å²) >= 11 is 0. The maximum absolute atomic E-state index is 12.4. The van der Waals surface area contributed by atoms with Crippen LogP contribution < -0.4 is 4.74 Å². The number of carbonyl (C=O) groups excluding carboxylic acids is 2. The van der Waals surface area contributed by atoms with Gasteiger partial charge in [-0.05, 0) is 32.0 Å². The van der Waals surface area contributed by atoms with Crippen molar-refractivity contribution in [3.8, 4) is 5.75 Å². The normalized spacial score (nSPS) is 11.9. The van der Waals surface area contributed by atoms with E-state index in [0.717, 1.165) is 5.39 Å². The molecule has 0 aliphatic carbocycles. The Labute approximate surface area is 145 Å². The standard InChI is InChI=1S/C20H18O5/c1-13(21)14(2)24-20(22)19-17(12-23-15-8-4-3-5-9-15)16-10-6-7-11-18(16)25-19/h3-11,14H,12H2,1-2H3/t14-/m1/s1. The first-order chi connectivity index (χ1) is 12.1. The van der Waals surface area contributed by atoms with E-state index in [0.29, 0.717) is 16.9 Å². The average Bonchev–Trinajstić information content (AvgIpc) is 2.99. The number of benzene rings is 2. The molecule has 0 saturated heterocycles. The van der Waals surface area contributed by atoms with Crippen molar-refractivity contribution < 1.29 is 23.5 Å². The zero-order valence-corrected chi connectivity index (χ0v) is 14.0. The molecule has 0 spiro atoms. The molecule has 0 bridgehead atoms. The minimum atomic E-state index is -0.830. The van der Waals surface area contributed by atoms with E-state index < -0.39 is 12.1 Å². The molecule has 1 aromatic heterocycles. The van der Waals surface area contributed by atoms with Crippen molar-refractivity contribution in [2.45, 2.75) is 26.6 Å². The highest BCUT2D eigenvalue weighted by Gasteiger charge is 2.25. The quantitative estimate of drug-likeness (QED) is 0.632. The second-order valence-electron chi connectivity index (χ2n) is 5.67. The van der Waals surface area contributed by atoms with Crippen molar-refractivity contribution in [2.24, 2.45) is 0 Å². The molecule has 0 aliphatic rings. The molecular formula is C20H18O5. The molecule has 3 rings (SSSR count). The molecule has 1 heterocycles. The van der Waals surface area contributed by atoms with Crippen LogP contribution in [0.3, 0.4) is 0 Å². The van der Waals surface area contributed by atoms with E-state index in [9.17, 15) is 9.59 Å². The van der Waals surface area contributed by atoms with E-state index >= 15 is 0 Å². The zero-order chi connectivity index (χ0) is 17.8. The van der Waals surface area contributed by atoms with Crippen LogP contribution >= 0.6 is 0 Å². The number of furan rings is 1. The summed E-state index contributed by atoms with van der Waals surface area (Å²) in [4.78, 5) is 23.8. The average molecular weight is 338 g/mol. The lowest BCUT2D eigenvalue weighted by molar-refractivity contribution is -0.124. The fourth-order valence-electron chi connectivity index (χ4n) is 2.38. The second-order valence-corrected chi connectivity index (χ2v) is 5.67. The summed E-state index contributed by atoms with van der Waals surface area (Å²) in [5.41, 5.74) is 1.16. The monoisotopic (exact) mass is 338 g/mol. The number of ether oxygens (including phenoxy) is 2. The predicted molar refractivity (Wildman–Crippen MR) is 92.5 cm³/mol. The third-order valence-corrected chi connectivity index (χ3v) is 3.87. The van der Waals surface area contributed by atoms with Crippen molar-refractivity contribution in [3.63, 3.8) is 0 Å². The van der Waals surface area contributed by atoms with Crippen molar-refractivity contribution >= 4 is 22.7 Å². The van der Waals surface area contributed by atoms with Crippen LogP contribution in [0.2, 0.25) is 0 Å². The molecule has 0 N–H and O–H groups in total. The molecule has 0 aliphatic heterocycles. The Balaban J connectivity index is 1.91. The first-order valence-corrected chi connectivity index (χ1v) is 7.96. The first kappa shape index (κ1) is 16.8. The Morgan fingerprint density at radius 2 is 1.72 bits per heavy atom. The molecule has 1 atom stereocenters. The number of carbonyl (C=O) groups is 2. The summed E-state index contributed by atoms with van der Waals surface area (Å²) in [6.07, 6.45) is -0.830. The number of hydrogen-bond acceptors (Lipinski definition) is 5. The van der Waals surface area contributed by atoms with Gasteiger partial charge in [0, 0.05) is 5.39 Å². The number of ketones is 1. The Morgan fingerprint density at radius 3 is 2.44 bits per heavy atom. The highest BCUT2D eigenvalue weighted by Crippen LogP contribution is 2.28. The predicted octanol–water partition coefficient (Wildman–Crippen LogP) is 4.15. The number of para-hydroxylation sites is 2.